The Hall–Kier alpha value is -8.21. The van der Waals surface area contributed by atoms with Crippen LogP contribution in [0, 0.1) is 17.8 Å². The van der Waals surface area contributed by atoms with Crippen LogP contribution in [0.4, 0.5) is 21.0 Å². The lowest BCUT2D eigenvalue weighted by Crippen LogP contribution is -2.61. The molecule has 0 aromatic heterocycles. The van der Waals surface area contributed by atoms with Crippen LogP contribution in [0.3, 0.4) is 0 Å². The molecule has 2 heterocycles. The van der Waals surface area contributed by atoms with Crippen molar-refractivity contribution in [1.82, 2.24) is 9.80 Å². The van der Waals surface area contributed by atoms with E-state index in [-0.39, 0.29) is 61.6 Å². The Balaban J connectivity index is 0.000000234. The molecule has 2 aliphatic heterocycles. The summed E-state index contributed by atoms with van der Waals surface area (Å²) in [7, 11) is 0. The Kier molecular flexibility index (Phi) is 20.7. The molecule has 2 aliphatic rings. The van der Waals surface area contributed by atoms with E-state index in [0.717, 1.165) is 27.1 Å². The molecular weight excluding hydrogens is 1050 g/mol. The first-order chi connectivity index (χ1) is 38.8. The topological polar surface area (TPSA) is 285 Å². The average molecular weight is 1120 g/mol. The van der Waals surface area contributed by atoms with E-state index in [1.807, 2.05) is 98.8 Å². The van der Waals surface area contributed by atoms with E-state index in [0.29, 0.717) is 41.6 Å². The second-order valence-corrected chi connectivity index (χ2v) is 19.8. The molecule has 81 heavy (non-hydrogen) atoms. The summed E-state index contributed by atoms with van der Waals surface area (Å²) in [6.45, 7) is 13.3. The van der Waals surface area contributed by atoms with Gasteiger partial charge < -0.3 is 69.4 Å². The zero-order valence-electron chi connectivity index (χ0n) is 46.1. The third kappa shape index (κ3) is 15.2. The van der Waals surface area contributed by atoms with E-state index < -0.39 is 67.2 Å². The number of aliphatic hydroxyl groups excluding tert-OH is 3. The van der Waals surface area contributed by atoms with Crippen LogP contribution in [0.1, 0.15) is 59.6 Å². The molecule has 0 aliphatic carbocycles. The highest BCUT2D eigenvalue weighted by molar-refractivity contribution is 5.91. The lowest BCUT2D eigenvalue weighted by Gasteiger charge is -2.42. The van der Waals surface area contributed by atoms with Crippen LogP contribution < -0.4 is 30.0 Å². The van der Waals surface area contributed by atoms with Crippen LogP contribution >= 0.6 is 0 Å². The molecule has 0 radical (unpaired) electrons. The van der Waals surface area contributed by atoms with Gasteiger partial charge in [0.2, 0.25) is 18.5 Å². The number of aliphatic hydroxyl groups is 3. The molecule has 21 heteroatoms. The normalized spacial score (nSPS) is 22.2. The van der Waals surface area contributed by atoms with Crippen LogP contribution in [0.25, 0.3) is 21.5 Å². The van der Waals surface area contributed by atoms with E-state index in [1.165, 1.54) is 34.9 Å². The van der Waals surface area contributed by atoms with Gasteiger partial charge in [-0.3, -0.25) is 19.4 Å². The standard InChI is InChI=1S/C31H38N2O6.C29H32N2O11/c1-6-33(18-37-27-13-9-11-24-10-7-8-12-25(24)27)31(35)36-17-23-14-15-28(26(32)16-23)38-30-21(4)19(2)20(3)29(39-30)22(5)34;1-3-31(15-40-21-10-6-8-18-7-4-5-9-19(18)21)29(38)39-14-17-11-12-22(20(13-17)30-16(2)32)41-28-25(35)23(33)24(34)26(42-28)27(36)37/h7-16,19-21,29-30H,6,17-18,32H2,1-5H3;4-13,23-26,28,33-35H,3,14-15H2,1-2H3,(H,30,32)(H,36,37)/t19-,20?,21-,29?,30?;23-,24?,25-,26?,28?/m00/s1. The highest BCUT2D eigenvalue weighted by atomic mass is 16.7. The first kappa shape index (κ1) is 60.4. The minimum Gasteiger partial charge on any atom is -0.479 e. The second kappa shape index (κ2) is 27.8. The van der Waals surface area contributed by atoms with E-state index in [2.05, 4.69) is 19.2 Å². The Morgan fingerprint density at radius 1 is 0.568 bits per heavy atom. The third-order valence-corrected chi connectivity index (χ3v) is 14.2. The molecule has 7 N–H and O–H groups in total. The number of benzene rings is 6. The number of carbonyl (C=O) groups is 5. The Morgan fingerprint density at radius 2 is 1.06 bits per heavy atom. The Morgan fingerprint density at radius 3 is 1.57 bits per heavy atom. The van der Waals surface area contributed by atoms with Gasteiger partial charge in [0.1, 0.15) is 60.6 Å². The maximum atomic E-state index is 12.8. The van der Waals surface area contributed by atoms with Gasteiger partial charge in [0, 0.05) is 36.7 Å². The summed E-state index contributed by atoms with van der Waals surface area (Å²) in [4.78, 5) is 63.7. The number of fused-ring (bicyclic) bond motifs is 2. The number of rotatable bonds is 19. The van der Waals surface area contributed by atoms with Gasteiger partial charge in [0.25, 0.3) is 0 Å². The number of aliphatic carboxylic acids is 1. The van der Waals surface area contributed by atoms with E-state index in [4.69, 9.17) is 43.6 Å². The largest absolute Gasteiger partial charge is 0.479 e. The molecule has 0 bridgehead atoms. The van der Waals surface area contributed by atoms with Crippen molar-refractivity contribution in [3.8, 4) is 23.0 Å². The number of ketones is 1. The molecule has 10 atom stereocenters. The highest BCUT2D eigenvalue weighted by Gasteiger charge is 2.48. The quantitative estimate of drug-likeness (QED) is 0.0330. The van der Waals surface area contributed by atoms with Crippen LogP contribution in [-0.4, -0.2) is 130 Å². The van der Waals surface area contributed by atoms with Gasteiger partial charge in [-0.2, -0.15) is 0 Å². The van der Waals surface area contributed by atoms with Gasteiger partial charge in [0.15, 0.2) is 25.3 Å². The van der Waals surface area contributed by atoms with E-state index in [9.17, 15) is 44.4 Å². The molecule has 3 amide bonds. The van der Waals surface area contributed by atoms with Crippen molar-refractivity contribution in [2.45, 2.75) is 105 Å². The van der Waals surface area contributed by atoms with Gasteiger partial charge in [-0.05, 0) is 90.9 Å². The second-order valence-electron chi connectivity index (χ2n) is 19.8. The average Bonchev–Trinajstić information content (AvgIpc) is 3.46. The predicted molar refractivity (Wildman–Crippen MR) is 298 cm³/mol. The lowest BCUT2D eigenvalue weighted by atomic mass is 9.78. The number of hydrogen-bond donors (Lipinski definition) is 6. The van der Waals surface area contributed by atoms with Crippen molar-refractivity contribution in [1.29, 1.82) is 0 Å². The fourth-order valence-electron chi connectivity index (χ4n) is 9.20. The third-order valence-electron chi connectivity index (χ3n) is 14.2. The summed E-state index contributed by atoms with van der Waals surface area (Å²) < 4.78 is 45.7. The SMILES string of the molecule is CCN(COc1cccc2ccccc12)C(=O)OCc1ccc(OC2OC(C(=O)O)C(O)[C@H](O)[C@@H]2O)c(NC(C)=O)c1.CCN(COc1cccc2ccccc12)C(=O)OCc1ccc(OC2OC(C(C)=O)C(C)[C@H](C)[C@@H]2C)c(N)c1. The molecule has 0 spiro atoms. The van der Waals surface area contributed by atoms with Crippen molar-refractivity contribution in [2.24, 2.45) is 17.8 Å². The Labute approximate surface area is 468 Å². The zero-order chi connectivity index (χ0) is 58.5. The summed E-state index contributed by atoms with van der Waals surface area (Å²) in [6.07, 6.45) is -11.3. The van der Waals surface area contributed by atoms with E-state index in [1.54, 1.807) is 32.0 Å². The van der Waals surface area contributed by atoms with Crippen LogP contribution in [0.2, 0.25) is 0 Å². The molecule has 21 nitrogen and oxygen atoms in total. The van der Waals surface area contributed by atoms with E-state index >= 15 is 0 Å². The summed E-state index contributed by atoms with van der Waals surface area (Å²) in [5.74, 6) is 0.132. The summed E-state index contributed by atoms with van der Waals surface area (Å²) >= 11 is 0. The zero-order valence-corrected chi connectivity index (χ0v) is 46.1. The number of nitrogens with zero attached hydrogens (tertiary/aromatic N) is 2. The van der Waals surface area contributed by atoms with Crippen molar-refractivity contribution in [3.63, 3.8) is 0 Å². The summed E-state index contributed by atoms with van der Waals surface area (Å²) in [5.41, 5.74) is 7.96. The van der Waals surface area contributed by atoms with Crippen LogP contribution in [-0.2, 0) is 46.5 Å². The van der Waals surface area contributed by atoms with Crippen molar-refractivity contribution in [2.75, 3.05) is 37.6 Å². The Bertz CT molecular complexity index is 3150. The van der Waals surface area contributed by atoms with Crippen molar-refractivity contribution >= 4 is 62.8 Å². The monoisotopic (exact) mass is 1120 g/mol. The first-order valence-electron chi connectivity index (χ1n) is 26.5. The van der Waals surface area contributed by atoms with Gasteiger partial charge in [-0.1, -0.05) is 106 Å². The maximum Gasteiger partial charge on any atom is 0.412 e. The fourth-order valence-corrected chi connectivity index (χ4v) is 9.20. The number of nitrogens with two attached hydrogens (primary N) is 1. The number of nitrogens with one attached hydrogen (secondary N) is 1. The number of hydrogen-bond acceptors (Lipinski definition) is 17. The van der Waals surface area contributed by atoms with Gasteiger partial charge >= 0.3 is 18.2 Å². The number of carbonyl (C=O) groups excluding carboxylic acids is 4. The molecule has 2 saturated heterocycles. The molecule has 8 rings (SSSR count). The number of amides is 3. The summed E-state index contributed by atoms with van der Waals surface area (Å²) in [6, 6.07) is 36.7. The number of Topliss-reactive ketones (excluding diaryl/α,β-unsaturated/α-hetero) is 1. The highest BCUT2D eigenvalue weighted by Crippen LogP contribution is 2.38. The lowest BCUT2D eigenvalue weighted by molar-refractivity contribution is -0.271. The van der Waals surface area contributed by atoms with Crippen LogP contribution in [0.5, 0.6) is 23.0 Å². The maximum absolute atomic E-state index is 12.8. The minimum atomic E-state index is -1.88. The molecule has 6 aromatic carbocycles. The molecule has 432 valence electrons. The van der Waals surface area contributed by atoms with Crippen molar-refractivity contribution in [3.05, 3.63) is 132 Å². The number of ether oxygens (including phenoxy) is 8. The summed E-state index contributed by atoms with van der Waals surface area (Å²) in [5, 5.41) is 46.0. The van der Waals surface area contributed by atoms with Gasteiger partial charge in [-0.15, -0.1) is 0 Å². The van der Waals surface area contributed by atoms with Crippen molar-refractivity contribution < 1.29 is 82.3 Å². The smallest absolute Gasteiger partial charge is 0.412 e. The van der Waals surface area contributed by atoms with Crippen LogP contribution in [0.15, 0.2) is 121 Å². The van der Waals surface area contributed by atoms with Gasteiger partial charge in [0.05, 0.1) is 11.4 Å². The number of carboxylic acids is 1. The molecule has 0 saturated carbocycles. The molecule has 6 aromatic rings. The predicted octanol–water partition coefficient (Wildman–Crippen LogP) is 8.08. The number of anilines is 2. The minimum absolute atomic E-state index is 0.0105. The fraction of sp³-hybridized carbons (Fsp3) is 0.383. The number of nitrogen functional groups attached to an aromatic ring is 1. The number of carboxylic acid groups (broad SMARTS) is 1. The molecule has 6 unspecified atom stereocenters. The first-order valence-corrected chi connectivity index (χ1v) is 26.5. The van der Waals surface area contributed by atoms with Gasteiger partial charge in [-0.25, -0.2) is 14.4 Å². The molecule has 2 fully saturated rings. The molecular formula is C60H70N4O17.